The molecule has 0 bridgehead atoms. The molecule has 0 unspecified atom stereocenters. The van der Waals surface area contributed by atoms with E-state index in [1.54, 1.807) is 3.11 Å². The molecule has 2 amide bonds. The molecule has 3 atom stereocenters. The molecule has 2 heterocycles. The molecular weight excluding hydrogens is 605 g/mol. The molecule has 1 saturated heterocycles. The van der Waals surface area contributed by atoms with Crippen LogP contribution in [-0.2, 0) is 22.6 Å². The summed E-state index contributed by atoms with van der Waals surface area (Å²) in [6, 6.07) is 10.5. The van der Waals surface area contributed by atoms with Gasteiger partial charge in [-0.1, -0.05) is 30.3 Å². The Kier molecular flexibility index (Phi) is 7.62. The highest BCUT2D eigenvalue weighted by atomic mass is 127. The van der Waals surface area contributed by atoms with Crippen molar-refractivity contribution in [1.29, 1.82) is 0 Å². The molecule has 0 spiro atoms. The molecule has 36 heavy (non-hydrogen) atoms. The number of hydrogen-bond acceptors (Lipinski definition) is 4. The van der Waals surface area contributed by atoms with Crippen molar-refractivity contribution in [3.05, 3.63) is 70.8 Å². The van der Waals surface area contributed by atoms with Gasteiger partial charge in [0, 0.05) is 6.54 Å². The number of ether oxygens (including phenoxy) is 1. The van der Waals surface area contributed by atoms with Gasteiger partial charge in [-0.15, -0.1) is 3.25 Å². The molecule has 2 aliphatic rings. The second-order valence-corrected chi connectivity index (χ2v) is 10.7. The van der Waals surface area contributed by atoms with Crippen LogP contribution in [0.25, 0.3) is 0 Å². The van der Waals surface area contributed by atoms with E-state index >= 15 is 0 Å². The van der Waals surface area contributed by atoms with Gasteiger partial charge in [-0.25, -0.2) is 10.2 Å². The minimum atomic E-state index is -4.93. The third-order valence-electron chi connectivity index (χ3n) is 6.34. The van der Waals surface area contributed by atoms with Crippen molar-refractivity contribution in [3.8, 4) is 0 Å². The number of rotatable bonds is 6. The lowest BCUT2D eigenvalue weighted by molar-refractivity contribution is -0.143. The van der Waals surface area contributed by atoms with E-state index in [1.807, 2.05) is 30.3 Å². The van der Waals surface area contributed by atoms with Crippen LogP contribution in [0.15, 0.2) is 51.8 Å². The van der Waals surface area contributed by atoms with Crippen molar-refractivity contribution in [1.82, 2.24) is 13.9 Å². The van der Waals surface area contributed by atoms with Crippen LogP contribution in [0.2, 0.25) is 0 Å². The van der Waals surface area contributed by atoms with Gasteiger partial charge < -0.3 is 10.1 Å². The Hall–Kier alpha value is -2.26. The molecule has 0 saturated carbocycles. The number of alkyl halides is 6. The lowest BCUT2D eigenvalue weighted by Gasteiger charge is -2.43. The Morgan fingerprint density at radius 2 is 1.75 bits per heavy atom. The zero-order chi connectivity index (χ0) is 26.1. The molecule has 2 aromatic carbocycles. The Labute approximate surface area is 213 Å². The van der Waals surface area contributed by atoms with E-state index in [9.17, 15) is 31.1 Å². The SMILES string of the molecule is C[C@@H](OC[C@@]1(c2ccccc2)CC[C@H](N2I=NNC2=O)CN1)c1cc(C(F)(F)F)cc(C(F)(F)F)c1. The van der Waals surface area contributed by atoms with E-state index in [1.165, 1.54) is 6.92 Å². The Bertz CT molecular complexity index is 1090. The maximum absolute atomic E-state index is 13.3. The smallest absolute Gasteiger partial charge is 0.372 e. The van der Waals surface area contributed by atoms with Crippen LogP contribution < -0.4 is 10.7 Å². The molecule has 196 valence electrons. The summed E-state index contributed by atoms with van der Waals surface area (Å²) in [5.74, 6) is 0. The van der Waals surface area contributed by atoms with Crippen molar-refractivity contribution in [2.24, 2.45) is 3.25 Å². The van der Waals surface area contributed by atoms with Gasteiger partial charge in [0.15, 0.2) is 0 Å². The van der Waals surface area contributed by atoms with E-state index in [0.717, 1.165) is 5.56 Å². The van der Waals surface area contributed by atoms with Crippen LogP contribution in [0.5, 0.6) is 0 Å². The maximum Gasteiger partial charge on any atom is 0.416 e. The lowest BCUT2D eigenvalue weighted by Crippen LogP contribution is -2.56. The van der Waals surface area contributed by atoms with Gasteiger partial charge in [0.2, 0.25) is 0 Å². The molecule has 2 aliphatic heterocycles. The number of nitrogens with one attached hydrogen (secondary N) is 2. The van der Waals surface area contributed by atoms with Crippen LogP contribution >= 0.6 is 21.3 Å². The average Bonchev–Trinajstić information content (AvgIpc) is 3.27. The molecule has 6 nitrogen and oxygen atoms in total. The first-order valence-electron chi connectivity index (χ1n) is 11.0. The summed E-state index contributed by atoms with van der Waals surface area (Å²) in [5, 5.41) is 3.44. The molecule has 4 rings (SSSR count). The van der Waals surface area contributed by atoms with Crippen LogP contribution in [0, 0.1) is 0 Å². The number of carbonyl (C=O) groups is 1. The summed E-state index contributed by atoms with van der Waals surface area (Å²) in [6.45, 7) is 1.88. The highest BCUT2D eigenvalue weighted by Gasteiger charge is 2.41. The van der Waals surface area contributed by atoms with Crippen molar-refractivity contribution < 1.29 is 35.9 Å². The summed E-state index contributed by atoms with van der Waals surface area (Å²) in [4.78, 5) is 12.0. The fourth-order valence-electron chi connectivity index (χ4n) is 4.30. The van der Waals surface area contributed by atoms with Crippen molar-refractivity contribution in [2.75, 3.05) is 13.2 Å². The molecule has 1 fully saturated rings. The predicted octanol–water partition coefficient (Wildman–Crippen LogP) is 6.46. The highest BCUT2D eigenvalue weighted by Crippen LogP contribution is 2.39. The van der Waals surface area contributed by atoms with Gasteiger partial charge in [-0.05, 0) is 49.1 Å². The molecule has 0 aliphatic carbocycles. The summed E-state index contributed by atoms with van der Waals surface area (Å²) in [5.41, 5.74) is -0.368. The lowest BCUT2D eigenvalue weighted by atomic mass is 9.81. The second kappa shape index (κ2) is 10.2. The van der Waals surface area contributed by atoms with Crippen molar-refractivity contribution >= 4 is 27.3 Å². The monoisotopic (exact) mass is 628 g/mol. The number of amides is 2. The quantitative estimate of drug-likeness (QED) is 0.220. The van der Waals surface area contributed by atoms with Crippen LogP contribution in [0.1, 0.15) is 48.1 Å². The standard InChI is InChI=1S/C23H23F6IN4O2/c1-14(15-9-17(22(24,25)26)11-18(10-15)23(27,28)29)36-13-21(16-5-3-2-4-6-16)8-7-19(12-31-21)34-20(35)32-33-30-34/h2-6,9-11,14,19,31H,7-8,12-13H2,1H3,(H,32,35)/t14-,19+,21-/m1/s1. The first-order valence-corrected chi connectivity index (χ1v) is 13.0. The summed E-state index contributed by atoms with van der Waals surface area (Å²) in [7, 11) is 0. The van der Waals surface area contributed by atoms with Crippen LogP contribution in [-0.4, -0.2) is 28.3 Å². The number of urea groups is 1. The fourth-order valence-corrected chi connectivity index (χ4v) is 5.98. The maximum atomic E-state index is 13.3. The molecule has 0 aromatic heterocycles. The largest absolute Gasteiger partial charge is 0.416 e. The summed E-state index contributed by atoms with van der Waals surface area (Å²) >= 11 is -0.809. The molecular formula is C23H23F6IN4O2. The molecule has 2 aromatic rings. The van der Waals surface area contributed by atoms with Gasteiger partial charge in [0.25, 0.3) is 0 Å². The van der Waals surface area contributed by atoms with Gasteiger partial charge in [-0.2, -0.15) is 26.3 Å². The number of hydrogen-bond donors (Lipinski definition) is 2. The fraction of sp³-hybridized carbons (Fsp3) is 0.435. The van der Waals surface area contributed by atoms with Gasteiger partial charge in [0.05, 0.1) is 35.4 Å². The first-order chi connectivity index (χ1) is 16.9. The number of halogens is 7. The zero-order valence-corrected chi connectivity index (χ0v) is 21.1. The van der Waals surface area contributed by atoms with Gasteiger partial charge in [0.1, 0.15) is 21.3 Å². The summed E-state index contributed by atoms with van der Waals surface area (Å²) < 4.78 is 91.4. The number of benzene rings is 2. The molecule has 2 N–H and O–H groups in total. The van der Waals surface area contributed by atoms with E-state index in [0.29, 0.717) is 31.5 Å². The number of piperidine rings is 1. The van der Waals surface area contributed by atoms with Crippen LogP contribution in [0.4, 0.5) is 31.1 Å². The Morgan fingerprint density at radius 1 is 1.11 bits per heavy atom. The first kappa shape index (κ1) is 26.8. The zero-order valence-electron chi connectivity index (χ0n) is 19.0. The minimum absolute atomic E-state index is 0.00806. The topological polar surface area (TPSA) is 66.0 Å². The van der Waals surface area contributed by atoms with E-state index in [4.69, 9.17) is 4.74 Å². The molecule has 13 heteroatoms. The minimum Gasteiger partial charge on any atom is -0.372 e. The van der Waals surface area contributed by atoms with Crippen molar-refractivity contribution in [3.63, 3.8) is 0 Å². The van der Waals surface area contributed by atoms with Gasteiger partial charge in [-0.3, -0.25) is 3.11 Å². The van der Waals surface area contributed by atoms with E-state index in [2.05, 4.69) is 14.0 Å². The Balaban J connectivity index is 1.56. The predicted molar refractivity (Wildman–Crippen MR) is 127 cm³/mol. The van der Waals surface area contributed by atoms with Crippen molar-refractivity contribution in [2.45, 2.75) is 49.8 Å². The molecule has 0 radical (unpaired) electrons. The normalized spacial score (nSPS) is 23.8. The highest BCUT2D eigenvalue weighted by molar-refractivity contribution is 14.1. The third-order valence-corrected chi connectivity index (χ3v) is 8.49. The van der Waals surface area contributed by atoms with E-state index in [-0.39, 0.29) is 30.3 Å². The average molecular weight is 628 g/mol. The number of nitrogens with zero attached hydrogens (tertiary/aromatic N) is 2. The summed E-state index contributed by atoms with van der Waals surface area (Å²) in [6.07, 6.45) is -9.74. The Morgan fingerprint density at radius 3 is 2.25 bits per heavy atom. The number of carbonyl (C=O) groups excluding carboxylic acids is 1. The second-order valence-electron chi connectivity index (χ2n) is 8.70. The van der Waals surface area contributed by atoms with Crippen LogP contribution in [0.3, 0.4) is 0 Å². The van der Waals surface area contributed by atoms with Gasteiger partial charge >= 0.3 is 18.4 Å². The van der Waals surface area contributed by atoms with E-state index < -0.39 is 56.4 Å². The third kappa shape index (κ3) is 5.83.